The van der Waals surface area contributed by atoms with Crippen LogP contribution in [0.3, 0.4) is 0 Å². The van der Waals surface area contributed by atoms with E-state index in [1.54, 1.807) is 0 Å². The third kappa shape index (κ3) is 40.4. The summed E-state index contributed by atoms with van der Waals surface area (Å²) < 4.78 is 17.3. The largest absolute Gasteiger partial charge is 0.477 e. The molecule has 0 saturated carbocycles. The lowest BCUT2D eigenvalue weighted by Crippen LogP contribution is -2.50. The van der Waals surface area contributed by atoms with Gasteiger partial charge in [-0.25, -0.2) is 4.79 Å². The van der Waals surface area contributed by atoms with E-state index in [1.807, 2.05) is 21.1 Å². The number of aliphatic carboxylic acids is 1. The fraction of sp³-hybridized carbons (Fsp3) is 0.750. The van der Waals surface area contributed by atoms with Gasteiger partial charge in [-0.1, -0.05) is 164 Å². The van der Waals surface area contributed by atoms with E-state index in [1.165, 1.54) is 89.9 Å². The lowest BCUT2D eigenvalue weighted by atomic mass is 10.0. The Labute approximate surface area is 368 Å². The molecule has 0 saturated heterocycles. The normalized spacial score (nSPS) is 13.4. The van der Waals surface area contributed by atoms with Crippen LogP contribution in [0.25, 0.3) is 0 Å². The van der Waals surface area contributed by atoms with Crippen LogP contribution in [0.1, 0.15) is 200 Å². The zero-order valence-electron chi connectivity index (χ0n) is 39.4. The Kier molecular flexibility index (Phi) is 40.6. The first-order chi connectivity index (χ1) is 29.1. The third-order valence-electron chi connectivity index (χ3n) is 10.7. The molecule has 0 aliphatic heterocycles. The highest BCUT2D eigenvalue weighted by Gasteiger charge is 2.31. The van der Waals surface area contributed by atoms with E-state index < -0.39 is 18.1 Å². The van der Waals surface area contributed by atoms with Crippen LogP contribution in [-0.4, -0.2) is 80.6 Å². The zero-order valence-corrected chi connectivity index (χ0v) is 39.4. The highest BCUT2D eigenvalue weighted by atomic mass is 16.6. The Morgan fingerprint density at radius 2 is 0.933 bits per heavy atom. The second kappa shape index (κ2) is 42.7. The number of hydrogen-bond donors (Lipinski definition) is 1. The molecule has 0 aliphatic carbocycles. The van der Waals surface area contributed by atoms with Gasteiger partial charge in [0, 0.05) is 19.3 Å². The maximum absolute atomic E-state index is 12.8. The molecule has 0 bridgehead atoms. The Bertz CT molecular complexity index is 1170. The maximum atomic E-state index is 12.8. The average Bonchev–Trinajstić information content (AvgIpc) is 3.21. The number of likely N-dealkylation sites (N-methyl/N-ethyl adjacent to an activating group) is 1. The van der Waals surface area contributed by atoms with E-state index in [4.69, 9.17) is 14.2 Å². The van der Waals surface area contributed by atoms with Crippen LogP contribution < -0.4 is 0 Å². The lowest BCUT2D eigenvalue weighted by Gasteiger charge is -2.31. The summed E-state index contributed by atoms with van der Waals surface area (Å²) in [5, 5.41) is 9.64. The Hall–Kier alpha value is -2.97. The number of carbonyl (C=O) groups is 3. The van der Waals surface area contributed by atoms with Crippen molar-refractivity contribution in [3.05, 3.63) is 60.8 Å². The molecule has 0 aliphatic rings. The van der Waals surface area contributed by atoms with Gasteiger partial charge in [0.1, 0.15) is 6.61 Å². The molecule has 0 radical (unpaired) electrons. The Morgan fingerprint density at radius 1 is 0.517 bits per heavy atom. The SMILES string of the molecule is CC/C=C\C/C=C\C/C=C\C/C=C\CCCCCCCCCCCCC(=O)OC(COCCC(C(=O)O)[N+](C)(C)C)COC(=O)CCCCCCC/C=C\CCCCCC. The van der Waals surface area contributed by atoms with Gasteiger partial charge in [-0.2, -0.15) is 0 Å². The van der Waals surface area contributed by atoms with E-state index in [0.29, 0.717) is 19.3 Å². The molecule has 0 amide bonds. The summed E-state index contributed by atoms with van der Waals surface area (Å²) in [7, 11) is 5.53. The van der Waals surface area contributed by atoms with E-state index in [-0.39, 0.29) is 36.2 Å². The minimum atomic E-state index is -0.878. The van der Waals surface area contributed by atoms with Gasteiger partial charge in [-0.15, -0.1) is 0 Å². The molecule has 346 valence electrons. The van der Waals surface area contributed by atoms with Crippen LogP contribution in [0.2, 0.25) is 0 Å². The van der Waals surface area contributed by atoms with Gasteiger partial charge < -0.3 is 23.8 Å². The van der Waals surface area contributed by atoms with Gasteiger partial charge in [0.25, 0.3) is 0 Å². The predicted molar refractivity (Wildman–Crippen MR) is 252 cm³/mol. The van der Waals surface area contributed by atoms with Gasteiger partial charge >= 0.3 is 17.9 Å². The molecule has 60 heavy (non-hydrogen) atoms. The highest BCUT2D eigenvalue weighted by Crippen LogP contribution is 2.15. The number of ether oxygens (including phenoxy) is 3. The van der Waals surface area contributed by atoms with Gasteiger partial charge in [0.2, 0.25) is 0 Å². The van der Waals surface area contributed by atoms with Crippen molar-refractivity contribution < 1.29 is 38.2 Å². The summed E-state index contributed by atoms with van der Waals surface area (Å²) in [6.45, 7) is 4.60. The molecular weight excluding hydrogens is 751 g/mol. The molecule has 0 aromatic carbocycles. The number of allylic oxidation sites excluding steroid dienone is 10. The minimum Gasteiger partial charge on any atom is -0.477 e. The molecule has 1 N–H and O–H groups in total. The van der Waals surface area contributed by atoms with E-state index in [9.17, 15) is 19.5 Å². The van der Waals surface area contributed by atoms with Crippen molar-refractivity contribution >= 4 is 17.9 Å². The topological polar surface area (TPSA) is 99.1 Å². The summed E-state index contributed by atoms with van der Waals surface area (Å²) in [4.78, 5) is 37.1. The van der Waals surface area contributed by atoms with Gasteiger partial charge in [0.15, 0.2) is 12.1 Å². The van der Waals surface area contributed by atoms with Crippen LogP contribution in [0.15, 0.2) is 60.8 Å². The zero-order chi connectivity index (χ0) is 44.2. The molecule has 0 aromatic heterocycles. The summed E-state index contributed by atoms with van der Waals surface area (Å²) >= 11 is 0. The minimum absolute atomic E-state index is 0.0557. The Morgan fingerprint density at radius 3 is 1.40 bits per heavy atom. The number of esters is 2. The monoisotopic (exact) mass is 843 g/mol. The molecule has 0 fully saturated rings. The predicted octanol–water partition coefficient (Wildman–Crippen LogP) is 13.8. The van der Waals surface area contributed by atoms with Crippen LogP contribution in [0, 0.1) is 0 Å². The fourth-order valence-electron chi connectivity index (χ4n) is 6.90. The molecule has 8 nitrogen and oxygen atoms in total. The number of rotatable bonds is 43. The van der Waals surface area contributed by atoms with Gasteiger partial charge in [-0.3, -0.25) is 9.59 Å². The van der Waals surface area contributed by atoms with E-state index in [2.05, 4.69) is 74.6 Å². The standard InChI is InChI=1S/C52H91NO7/c1-6-8-10-12-14-16-18-20-21-22-23-24-25-26-27-28-29-31-33-35-37-39-41-43-51(55)60-48(46-58-45-44-49(52(56)57)53(3,4)5)47-59-50(54)42-40-38-36-34-32-30-19-17-15-13-11-9-7-2/h8,10,14,16-17,19-21,23-24,48-49H,6-7,9,11-13,15,18,22,25-47H2,1-5H3/p+1/b10-8-,16-14-,19-17-,21-20-,24-23-. The molecule has 0 rings (SSSR count). The number of hydrogen-bond acceptors (Lipinski definition) is 6. The van der Waals surface area contributed by atoms with Gasteiger partial charge in [-0.05, 0) is 77.0 Å². The van der Waals surface area contributed by atoms with Crippen molar-refractivity contribution in [2.75, 3.05) is 41.0 Å². The van der Waals surface area contributed by atoms with Crippen molar-refractivity contribution in [2.45, 2.75) is 212 Å². The number of quaternary nitrogens is 1. The van der Waals surface area contributed by atoms with Crippen molar-refractivity contribution in [3.63, 3.8) is 0 Å². The summed E-state index contributed by atoms with van der Waals surface area (Å²) in [6, 6.07) is -0.618. The molecule has 0 spiro atoms. The van der Waals surface area contributed by atoms with Crippen LogP contribution >= 0.6 is 0 Å². The third-order valence-corrected chi connectivity index (χ3v) is 10.7. The first-order valence-corrected chi connectivity index (χ1v) is 24.3. The molecule has 2 atom stereocenters. The van der Waals surface area contributed by atoms with Crippen molar-refractivity contribution in [1.82, 2.24) is 0 Å². The number of carboxylic acids is 1. The van der Waals surface area contributed by atoms with Crippen molar-refractivity contribution in [1.29, 1.82) is 0 Å². The number of nitrogens with zero attached hydrogens (tertiary/aromatic N) is 1. The number of carbonyl (C=O) groups excluding carboxylic acids is 2. The lowest BCUT2D eigenvalue weighted by molar-refractivity contribution is -0.887. The van der Waals surface area contributed by atoms with Gasteiger partial charge in [0.05, 0.1) is 34.4 Å². The molecule has 0 heterocycles. The summed E-state index contributed by atoms with van der Waals surface area (Å²) in [5.41, 5.74) is 0. The van der Waals surface area contributed by atoms with Crippen molar-refractivity contribution in [2.24, 2.45) is 0 Å². The maximum Gasteiger partial charge on any atom is 0.362 e. The van der Waals surface area contributed by atoms with Crippen LogP contribution in [-0.2, 0) is 28.6 Å². The van der Waals surface area contributed by atoms with E-state index >= 15 is 0 Å². The van der Waals surface area contributed by atoms with E-state index in [0.717, 1.165) is 77.0 Å². The molecule has 0 aromatic rings. The second-order valence-electron chi connectivity index (χ2n) is 17.3. The summed E-state index contributed by atoms with van der Waals surface area (Å²) in [6.07, 6.45) is 52.6. The number of carboxylic acid groups (broad SMARTS) is 1. The number of unbranched alkanes of at least 4 members (excludes halogenated alkanes) is 19. The first kappa shape index (κ1) is 57.0. The van der Waals surface area contributed by atoms with Crippen LogP contribution in [0.4, 0.5) is 0 Å². The Balaban J connectivity index is 4.25. The van der Waals surface area contributed by atoms with Crippen LogP contribution in [0.5, 0.6) is 0 Å². The average molecular weight is 843 g/mol. The smallest absolute Gasteiger partial charge is 0.362 e. The van der Waals surface area contributed by atoms with Crippen molar-refractivity contribution in [3.8, 4) is 0 Å². The summed E-state index contributed by atoms with van der Waals surface area (Å²) in [5.74, 6) is -1.48. The molecular formula is C52H92NO7+. The fourth-order valence-corrected chi connectivity index (χ4v) is 6.90. The molecule has 2 unspecified atom stereocenters. The highest BCUT2D eigenvalue weighted by molar-refractivity contribution is 5.72. The quantitative estimate of drug-likeness (QED) is 0.0282. The molecule has 8 heteroatoms. The first-order valence-electron chi connectivity index (χ1n) is 24.3. The second-order valence-corrected chi connectivity index (χ2v) is 17.3.